The summed E-state index contributed by atoms with van der Waals surface area (Å²) in [5.41, 5.74) is 1.55. The molecule has 2 N–H and O–H groups in total. The molecule has 4 aromatic rings. The highest BCUT2D eigenvalue weighted by Gasteiger charge is 2.31. The summed E-state index contributed by atoms with van der Waals surface area (Å²) in [6.45, 7) is 1.90. The van der Waals surface area contributed by atoms with Crippen LogP contribution in [0, 0.1) is 0 Å². The number of carboxylic acid groups (broad SMARTS) is 1. The third kappa shape index (κ3) is 5.30. The second kappa shape index (κ2) is 9.54. The van der Waals surface area contributed by atoms with Crippen molar-refractivity contribution in [3.05, 3.63) is 95.6 Å². The van der Waals surface area contributed by atoms with Gasteiger partial charge in [-0.25, -0.2) is 4.79 Å². The molecule has 0 saturated heterocycles. The summed E-state index contributed by atoms with van der Waals surface area (Å²) in [6, 6.07) is 18.4. The van der Waals surface area contributed by atoms with E-state index in [1.807, 2.05) is 13.0 Å². The summed E-state index contributed by atoms with van der Waals surface area (Å²) in [5, 5.41) is 20.1. The number of rotatable bonds is 6. The number of halogens is 3. The number of carboxylic acids is 1. The summed E-state index contributed by atoms with van der Waals surface area (Å²) in [6.07, 6.45) is -1.51. The Hall–Kier alpha value is -4.26. The number of benzene rings is 4. The zero-order valence-corrected chi connectivity index (χ0v) is 18.6. The van der Waals surface area contributed by atoms with Crippen molar-refractivity contribution in [2.75, 3.05) is 0 Å². The van der Waals surface area contributed by atoms with Crippen molar-refractivity contribution < 1.29 is 32.9 Å². The molecule has 0 saturated carbocycles. The van der Waals surface area contributed by atoms with Crippen LogP contribution in [0.15, 0.2) is 78.9 Å². The number of ether oxygens (including phenoxy) is 1. The van der Waals surface area contributed by atoms with E-state index in [1.54, 1.807) is 42.5 Å². The largest absolute Gasteiger partial charge is 0.508 e. The fraction of sp³-hybridized carbons (Fsp3) is 0.107. The summed E-state index contributed by atoms with van der Waals surface area (Å²) in [5.74, 6) is -0.213. The monoisotopic (exact) mass is 478 g/mol. The van der Waals surface area contributed by atoms with Gasteiger partial charge in [0.15, 0.2) is 0 Å². The number of carbonyl (C=O) groups is 1. The van der Waals surface area contributed by atoms with Gasteiger partial charge in [0.1, 0.15) is 17.2 Å². The van der Waals surface area contributed by atoms with Gasteiger partial charge in [-0.3, -0.25) is 0 Å². The molecule has 4 nitrogen and oxygen atoms in total. The molecule has 0 unspecified atom stereocenters. The van der Waals surface area contributed by atoms with Crippen LogP contribution in [0.4, 0.5) is 13.2 Å². The van der Waals surface area contributed by atoms with Gasteiger partial charge in [-0.05, 0) is 77.0 Å². The quantitative estimate of drug-likeness (QED) is 0.279. The lowest BCUT2D eigenvalue weighted by Crippen LogP contribution is -2.05. The minimum Gasteiger partial charge on any atom is -0.508 e. The number of aromatic hydroxyl groups is 1. The number of aliphatic carboxylic acids is 1. The topological polar surface area (TPSA) is 66.8 Å². The third-order valence-corrected chi connectivity index (χ3v) is 5.54. The lowest BCUT2D eigenvalue weighted by molar-refractivity contribution is -0.137. The Balaban J connectivity index is 1.90. The molecule has 4 aromatic carbocycles. The van der Waals surface area contributed by atoms with E-state index in [2.05, 4.69) is 0 Å². The van der Waals surface area contributed by atoms with Crippen molar-refractivity contribution in [1.82, 2.24) is 0 Å². The summed E-state index contributed by atoms with van der Waals surface area (Å²) >= 11 is 0. The van der Waals surface area contributed by atoms with Crippen molar-refractivity contribution in [3.63, 3.8) is 0 Å². The van der Waals surface area contributed by atoms with Gasteiger partial charge in [-0.2, -0.15) is 13.2 Å². The Morgan fingerprint density at radius 3 is 2.40 bits per heavy atom. The van der Waals surface area contributed by atoms with Crippen LogP contribution < -0.4 is 4.74 Å². The van der Waals surface area contributed by atoms with Crippen molar-refractivity contribution in [2.45, 2.75) is 19.5 Å². The molecule has 0 heterocycles. The maximum Gasteiger partial charge on any atom is 0.416 e. The van der Waals surface area contributed by atoms with Crippen molar-refractivity contribution in [2.24, 2.45) is 0 Å². The van der Waals surface area contributed by atoms with E-state index >= 15 is 0 Å². The Morgan fingerprint density at radius 2 is 1.74 bits per heavy atom. The molecule has 7 heteroatoms. The first kappa shape index (κ1) is 23.9. The molecule has 0 fully saturated rings. The number of hydrogen-bond acceptors (Lipinski definition) is 3. The van der Waals surface area contributed by atoms with Crippen molar-refractivity contribution in [1.29, 1.82) is 0 Å². The molecule has 0 bridgehead atoms. The van der Waals surface area contributed by atoms with Gasteiger partial charge in [0, 0.05) is 17.0 Å². The molecule has 178 valence electrons. The third-order valence-electron chi connectivity index (χ3n) is 5.54. The Labute approximate surface area is 199 Å². The Bertz CT molecular complexity index is 1420. The number of phenols is 1. The standard InChI is InChI=1S/C28H21F3O4/c1-2-18-14-20-16-22(32)9-12-24(20)27(26(18)19-4-3-5-21(15-19)28(29,30)31)35-23-10-6-17(7-11-23)8-13-25(33)34/h3-16,32H,2H2,1H3,(H,33,34)/b13-8+. The normalized spacial score (nSPS) is 11.8. The molecule has 0 atom stereocenters. The lowest BCUT2D eigenvalue weighted by atomic mass is 9.91. The van der Waals surface area contributed by atoms with E-state index in [0.29, 0.717) is 45.4 Å². The molecule has 4 rings (SSSR count). The van der Waals surface area contributed by atoms with E-state index in [1.165, 1.54) is 18.2 Å². The number of aryl methyl sites for hydroxylation is 1. The predicted molar refractivity (Wildman–Crippen MR) is 129 cm³/mol. The van der Waals surface area contributed by atoms with Gasteiger partial charge >= 0.3 is 12.1 Å². The van der Waals surface area contributed by atoms with Crippen LogP contribution in [0.2, 0.25) is 0 Å². The van der Waals surface area contributed by atoms with E-state index in [0.717, 1.165) is 23.8 Å². The highest BCUT2D eigenvalue weighted by molar-refractivity contribution is 5.98. The maximum atomic E-state index is 13.5. The summed E-state index contributed by atoms with van der Waals surface area (Å²) < 4.78 is 46.6. The molecule has 35 heavy (non-hydrogen) atoms. The molecular formula is C28H21F3O4. The number of fused-ring (bicyclic) bond motifs is 1. The van der Waals surface area contributed by atoms with Crippen LogP contribution in [-0.4, -0.2) is 16.2 Å². The second-order valence-electron chi connectivity index (χ2n) is 7.92. The van der Waals surface area contributed by atoms with Crippen LogP contribution in [0.1, 0.15) is 23.6 Å². The fourth-order valence-corrected chi connectivity index (χ4v) is 3.90. The van der Waals surface area contributed by atoms with Crippen molar-refractivity contribution >= 4 is 22.8 Å². The van der Waals surface area contributed by atoms with E-state index < -0.39 is 17.7 Å². The minimum atomic E-state index is -4.49. The first-order chi connectivity index (χ1) is 16.7. The molecule has 0 aliphatic heterocycles. The maximum absolute atomic E-state index is 13.5. The van der Waals surface area contributed by atoms with Crippen LogP contribution in [0.5, 0.6) is 17.2 Å². The van der Waals surface area contributed by atoms with Crippen LogP contribution in [0.25, 0.3) is 28.0 Å². The Morgan fingerprint density at radius 1 is 1.00 bits per heavy atom. The van der Waals surface area contributed by atoms with Gasteiger partial charge in [-0.15, -0.1) is 0 Å². The summed E-state index contributed by atoms with van der Waals surface area (Å²) in [7, 11) is 0. The zero-order chi connectivity index (χ0) is 25.2. The zero-order valence-electron chi connectivity index (χ0n) is 18.6. The van der Waals surface area contributed by atoms with Crippen LogP contribution in [-0.2, 0) is 17.4 Å². The van der Waals surface area contributed by atoms with Crippen LogP contribution >= 0.6 is 0 Å². The first-order valence-corrected chi connectivity index (χ1v) is 10.8. The first-order valence-electron chi connectivity index (χ1n) is 10.8. The number of phenolic OH excluding ortho intramolecular Hbond substituents is 1. The molecule has 0 spiro atoms. The lowest BCUT2D eigenvalue weighted by Gasteiger charge is -2.19. The number of alkyl halides is 3. The minimum absolute atomic E-state index is 0.0619. The van der Waals surface area contributed by atoms with Gasteiger partial charge in [-0.1, -0.05) is 37.3 Å². The highest BCUT2D eigenvalue weighted by Crippen LogP contribution is 2.44. The molecule has 0 aliphatic carbocycles. The molecular weight excluding hydrogens is 457 g/mol. The highest BCUT2D eigenvalue weighted by atomic mass is 19.4. The van der Waals surface area contributed by atoms with Gasteiger partial charge < -0.3 is 14.9 Å². The van der Waals surface area contributed by atoms with Crippen LogP contribution in [0.3, 0.4) is 0 Å². The summed E-state index contributed by atoms with van der Waals surface area (Å²) in [4.78, 5) is 10.7. The SMILES string of the molecule is CCc1cc2cc(O)ccc2c(Oc2ccc(/C=C/C(=O)O)cc2)c1-c1cccc(C(F)(F)F)c1. The van der Waals surface area contributed by atoms with E-state index in [9.17, 15) is 23.1 Å². The van der Waals surface area contributed by atoms with Crippen molar-refractivity contribution in [3.8, 4) is 28.4 Å². The molecule has 0 radical (unpaired) electrons. The predicted octanol–water partition coefficient (Wildman–Crippen LogP) is 7.68. The van der Waals surface area contributed by atoms with E-state index in [4.69, 9.17) is 9.84 Å². The van der Waals surface area contributed by atoms with E-state index in [-0.39, 0.29) is 5.75 Å². The molecule has 0 aliphatic rings. The smallest absolute Gasteiger partial charge is 0.416 e. The fourth-order valence-electron chi connectivity index (χ4n) is 3.90. The Kier molecular flexibility index (Phi) is 6.51. The molecule has 0 amide bonds. The second-order valence-corrected chi connectivity index (χ2v) is 7.92. The average Bonchev–Trinajstić information content (AvgIpc) is 2.82. The number of hydrogen-bond donors (Lipinski definition) is 2. The van der Waals surface area contributed by atoms with Gasteiger partial charge in [0.25, 0.3) is 0 Å². The van der Waals surface area contributed by atoms with Gasteiger partial charge in [0.2, 0.25) is 0 Å². The van der Waals surface area contributed by atoms with Gasteiger partial charge in [0.05, 0.1) is 5.56 Å². The average molecular weight is 478 g/mol. The molecule has 0 aromatic heterocycles.